The summed E-state index contributed by atoms with van der Waals surface area (Å²) in [5, 5.41) is 9.63. The molecular weight excluding hydrogens is 451 g/mol. The highest BCUT2D eigenvalue weighted by molar-refractivity contribution is 6.32. The minimum atomic E-state index is -1.21. The highest BCUT2D eigenvalue weighted by Gasteiger charge is 2.32. The van der Waals surface area contributed by atoms with Crippen molar-refractivity contribution in [1.29, 1.82) is 0 Å². The average molecular weight is 479 g/mol. The van der Waals surface area contributed by atoms with E-state index in [-0.39, 0.29) is 46.8 Å². The molecule has 0 aliphatic carbocycles. The van der Waals surface area contributed by atoms with Crippen molar-refractivity contribution in [2.75, 3.05) is 26.3 Å². The van der Waals surface area contributed by atoms with Gasteiger partial charge in [-0.25, -0.2) is 9.18 Å². The van der Waals surface area contributed by atoms with Crippen molar-refractivity contribution in [3.05, 3.63) is 58.4 Å². The lowest BCUT2D eigenvalue weighted by molar-refractivity contribution is -0.139. The number of carbonyl (C=O) groups is 2. The first kappa shape index (κ1) is 24.8. The summed E-state index contributed by atoms with van der Waals surface area (Å²) in [7, 11) is 0. The van der Waals surface area contributed by atoms with Gasteiger partial charge in [-0.2, -0.15) is 0 Å². The van der Waals surface area contributed by atoms with Gasteiger partial charge in [0.15, 0.2) is 6.61 Å². The van der Waals surface area contributed by atoms with Crippen LogP contribution in [0.2, 0.25) is 5.02 Å². The lowest BCUT2D eigenvalue weighted by Crippen LogP contribution is -2.58. The Kier molecular flexibility index (Phi) is 8.15. The number of ether oxygens (including phenoxy) is 2. The molecule has 0 spiro atoms. The maximum absolute atomic E-state index is 13.2. The van der Waals surface area contributed by atoms with Crippen LogP contribution in [0.3, 0.4) is 0 Å². The van der Waals surface area contributed by atoms with Gasteiger partial charge in [0.25, 0.3) is 5.91 Å². The number of hydrogen-bond donors (Lipinski definition) is 1. The Hall–Kier alpha value is -2.84. The van der Waals surface area contributed by atoms with E-state index in [0.29, 0.717) is 32.0 Å². The van der Waals surface area contributed by atoms with Crippen LogP contribution in [0.25, 0.3) is 0 Å². The Balaban J connectivity index is 1.64. The molecule has 1 aliphatic rings. The van der Waals surface area contributed by atoms with E-state index in [1.54, 1.807) is 24.0 Å². The highest BCUT2D eigenvalue weighted by atomic mass is 35.5. The summed E-state index contributed by atoms with van der Waals surface area (Å²) in [5.74, 6) is -1.39. The van der Waals surface area contributed by atoms with E-state index in [2.05, 4.69) is 4.90 Å². The maximum Gasteiger partial charge on any atom is 0.339 e. The van der Waals surface area contributed by atoms with Crippen molar-refractivity contribution in [2.24, 2.45) is 0 Å². The van der Waals surface area contributed by atoms with Gasteiger partial charge < -0.3 is 19.5 Å². The molecule has 2 aromatic carbocycles. The molecule has 1 saturated heterocycles. The van der Waals surface area contributed by atoms with Crippen molar-refractivity contribution in [1.82, 2.24) is 9.80 Å². The average Bonchev–Trinajstić information content (AvgIpc) is 2.77. The fraction of sp³-hybridized carbons (Fsp3) is 0.417. The Morgan fingerprint density at radius 1 is 1.09 bits per heavy atom. The first-order valence-corrected chi connectivity index (χ1v) is 11.2. The number of halogens is 2. The van der Waals surface area contributed by atoms with Gasteiger partial charge in [0.2, 0.25) is 0 Å². The quantitative estimate of drug-likeness (QED) is 0.616. The topological polar surface area (TPSA) is 79.3 Å². The zero-order valence-electron chi connectivity index (χ0n) is 18.9. The van der Waals surface area contributed by atoms with Crippen LogP contribution in [0.4, 0.5) is 4.39 Å². The minimum absolute atomic E-state index is 0.0272. The first-order chi connectivity index (χ1) is 15.7. The third-order valence-corrected chi connectivity index (χ3v) is 5.95. The summed E-state index contributed by atoms with van der Waals surface area (Å²) in [6.45, 7) is 7.64. The Morgan fingerprint density at radius 2 is 1.79 bits per heavy atom. The van der Waals surface area contributed by atoms with E-state index in [9.17, 15) is 19.1 Å². The molecule has 1 aliphatic heterocycles. The molecule has 0 bridgehead atoms. The molecule has 0 saturated carbocycles. The summed E-state index contributed by atoms with van der Waals surface area (Å²) in [6.07, 6.45) is 0. The summed E-state index contributed by atoms with van der Waals surface area (Å²) < 4.78 is 24.2. The minimum Gasteiger partial charge on any atom is -0.492 e. The number of rotatable bonds is 8. The molecule has 9 heteroatoms. The molecule has 0 radical (unpaired) electrons. The van der Waals surface area contributed by atoms with Crippen molar-refractivity contribution in [2.45, 2.75) is 39.4 Å². The van der Waals surface area contributed by atoms with E-state index in [1.165, 1.54) is 24.3 Å². The fourth-order valence-corrected chi connectivity index (χ4v) is 4.12. The van der Waals surface area contributed by atoms with Crippen molar-refractivity contribution < 1.29 is 28.6 Å². The number of amides is 1. The van der Waals surface area contributed by atoms with E-state index < -0.39 is 5.97 Å². The molecule has 33 heavy (non-hydrogen) atoms. The molecular formula is C24H28ClFN2O5. The van der Waals surface area contributed by atoms with Gasteiger partial charge >= 0.3 is 5.97 Å². The Morgan fingerprint density at radius 3 is 2.42 bits per heavy atom. The number of benzene rings is 2. The lowest BCUT2D eigenvalue weighted by atomic mass is 10.1. The highest BCUT2D eigenvalue weighted by Crippen LogP contribution is 2.33. The van der Waals surface area contributed by atoms with Gasteiger partial charge in [-0.05, 0) is 44.5 Å². The molecule has 1 amide bonds. The smallest absolute Gasteiger partial charge is 0.339 e. The first-order valence-electron chi connectivity index (χ1n) is 10.8. The van der Waals surface area contributed by atoms with E-state index in [1.807, 2.05) is 13.8 Å². The maximum atomic E-state index is 13.2. The zero-order chi connectivity index (χ0) is 24.1. The van der Waals surface area contributed by atoms with Crippen molar-refractivity contribution >= 4 is 23.5 Å². The molecule has 178 valence electrons. The molecule has 3 rings (SSSR count). The van der Waals surface area contributed by atoms with Crippen LogP contribution in [-0.4, -0.2) is 65.2 Å². The SMILES string of the molecule is CCOc1cc(OCC(=O)N2CC(C)N(Cc3ccc(F)cc3)CC2C)c(C(=O)O)cc1Cl. The Bertz CT molecular complexity index is 1000. The van der Waals surface area contributed by atoms with Crippen LogP contribution < -0.4 is 9.47 Å². The van der Waals surface area contributed by atoms with Crippen LogP contribution in [0.1, 0.15) is 36.7 Å². The summed E-state index contributed by atoms with van der Waals surface area (Å²) >= 11 is 6.08. The van der Waals surface area contributed by atoms with Crippen LogP contribution in [0.15, 0.2) is 36.4 Å². The molecule has 0 aromatic heterocycles. The largest absolute Gasteiger partial charge is 0.492 e. The molecule has 7 nitrogen and oxygen atoms in total. The number of carboxylic acids is 1. The molecule has 2 unspecified atom stereocenters. The van der Waals surface area contributed by atoms with Gasteiger partial charge in [-0.15, -0.1) is 0 Å². The van der Waals surface area contributed by atoms with E-state index in [4.69, 9.17) is 21.1 Å². The normalized spacial score (nSPS) is 18.8. The van der Waals surface area contributed by atoms with Gasteiger partial charge in [0, 0.05) is 37.8 Å². The van der Waals surface area contributed by atoms with Gasteiger partial charge in [-0.3, -0.25) is 9.69 Å². The molecule has 2 aromatic rings. The number of hydrogen-bond acceptors (Lipinski definition) is 5. The molecule has 1 fully saturated rings. The lowest BCUT2D eigenvalue weighted by Gasteiger charge is -2.44. The van der Waals surface area contributed by atoms with Gasteiger partial charge in [0.1, 0.15) is 22.9 Å². The number of piperazine rings is 1. The third kappa shape index (κ3) is 6.15. The predicted octanol–water partition coefficient (Wildman–Crippen LogP) is 4.08. The second kappa shape index (κ2) is 10.9. The second-order valence-electron chi connectivity index (χ2n) is 8.11. The summed E-state index contributed by atoms with van der Waals surface area (Å²) in [6, 6.07) is 9.09. The van der Waals surface area contributed by atoms with E-state index in [0.717, 1.165) is 5.56 Å². The number of carbonyl (C=O) groups excluding carboxylic acids is 1. The third-order valence-electron chi connectivity index (χ3n) is 5.65. The molecule has 1 N–H and O–H groups in total. The standard InChI is InChI=1S/C24H28ClFN2O5/c1-4-32-22-10-21(19(24(30)31)9-20(22)25)33-14-23(29)28-12-15(2)27(11-16(28)3)13-17-5-7-18(26)8-6-17/h5-10,15-16H,4,11-14H2,1-3H3,(H,30,31). The van der Waals surface area contributed by atoms with Crippen LogP contribution in [0.5, 0.6) is 11.5 Å². The number of aromatic carboxylic acids is 1. The van der Waals surface area contributed by atoms with E-state index >= 15 is 0 Å². The van der Waals surface area contributed by atoms with Crippen molar-refractivity contribution in [3.63, 3.8) is 0 Å². The number of carboxylic acid groups (broad SMARTS) is 1. The van der Waals surface area contributed by atoms with Crippen LogP contribution >= 0.6 is 11.6 Å². The van der Waals surface area contributed by atoms with Gasteiger partial charge in [-0.1, -0.05) is 23.7 Å². The fourth-order valence-electron chi connectivity index (χ4n) is 3.90. The Labute approximate surface area is 197 Å². The summed E-state index contributed by atoms with van der Waals surface area (Å²) in [5.41, 5.74) is 0.870. The molecule has 1 heterocycles. The number of nitrogens with zero attached hydrogens (tertiary/aromatic N) is 2. The van der Waals surface area contributed by atoms with Gasteiger partial charge in [0.05, 0.1) is 11.6 Å². The monoisotopic (exact) mass is 478 g/mol. The predicted molar refractivity (Wildman–Crippen MR) is 123 cm³/mol. The molecule has 2 atom stereocenters. The summed E-state index contributed by atoms with van der Waals surface area (Å²) in [4.78, 5) is 28.5. The van der Waals surface area contributed by atoms with Crippen LogP contribution in [0, 0.1) is 5.82 Å². The zero-order valence-corrected chi connectivity index (χ0v) is 19.6. The van der Waals surface area contributed by atoms with Crippen molar-refractivity contribution in [3.8, 4) is 11.5 Å². The van der Waals surface area contributed by atoms with Crippen LogP contribution in [-0.2, 0) is 11.3 Å². The second-order valence-corrected chi connectivity index (χ2v) is 8.51.